The van der Waals surface area contributed by atoms with Crippen LogP contribution >= 0.6 is 31.9 Å². The third kappa shape index (κ3) is 5.87. The Balaban J connectivity index is 1.79. The first-order valence-electron chi connectivity index (χ1n) is 9.07. The highest BCUT2D eigenvalue weighted by Gasteiger charge is 2.13. The largest absolute Gasteiger partial charge is 0.321 e. The van der Waals surface area contributed by atoms with Crippen molar-refractivity contribution in [1.29, 1.82) is 5.26 Å². The fraction of sp³-hybridized carbons (Fsp3) is 0.0435. The van der Waals surface area contributed by atoms with Crippen LogP contribution in [0.4, 0.5) is 11.4 Å². The zero-order valence-corrected chi connectivity index (χ0v) is 19.2. The number of halogens is 2. The summed E-state index contributed by atoms with van der Waals surface area (Å²) in [5.41, 5.74) is 2.85. The van der Waals surface area contributed by atoms with Gasteiger partial charge in [-0.05, 0) is 47.4 Å². The van der Waals surface area contributed by atoms with E-state index in [9.17, 15) is 20.2 Å². The maximum Gasteiger partial charge on any atom is 0.271 e. The third-order valence-corrected chi connectivity index (χ3v) is 5.92. The number of amides is 1. The van der Waals surface area contributed by atoms with Gasteiger partial charge in [0.25, 0.3) is 11.6 Å². The summed E-state index contributed by atoms with van der Waals surface area (Å²) in [5.74, 6) is -0.642. The number of benzene rings is 3. The predicted molar refractivity (Wildman–Crippen MR) is 126 cm³/mol. The van der Waals surface area contributed by atoms with E-state index >= 15 is 0 Å². The van der Waals surface area contributed by atoms with E-state index < -0.39 is 10.8 Å². The lowest BCUT2D eigenvalue weighted by Gasteiger charge is -2.08. The molecule has 0 unspecified atom stereocenters. The molecule has 154 valence electrons. The molecule has 0 atom stereocenters. The van der Waals surface area contributed by atoms with Crippen molar-refractivity contribution < 1.29 is 9.72 Å². The number of nitriles is 1. The molecule has 3 rings (SSSR count). The highest BCUT2D eigenvalue weighted by Crippen LogP contribution is 2.26. The minimum atomic E-state index is -0.642. The van der Waals surface area contributed by atoms with Gasteiger partial charge in [-0.2, -0.15) is 5.26 Å². The summed E-state index contributed by atoms with van der Waals surface area (Å²) in [7, 11) is 0. The van der Waals surface area contributed by atoms with Crippen LogP contribution in [-0.2, 0) is 11.2 Å². The van der Waals surface area contributed by atoms with E-state index in [0.29, 0.717) is 12.0 Å². The molecule has 3 aromatic rings. The van der Waals surface area contributed by atoms with Crippen molar-refractivity contribution >= 4 is 55.2 Å². The molecule has 0 aliphatic heterocycles. The molecule has 0 radical (unpaired) electrons. The molecule has 1 N–H and O–H groups in total. The number of carbonyl (C=O) groups excluding carboxylic acids is 1. The maximum absolute atomic E-state index is 12.5. The van der Waals surface area contributed by atoms with E-state index in [1.807, 2.05) is 48.5 Å². The maximum atomic E-state index is 12.5. The highest BCUT2D eigenvalue weighted by atomic mass is 79.9. The fourth-order valence-electron chi connectivity index (χ4n) is 2.85. The number of anilines is 1. The Kier molecular flexibility index (Phi) is 7.34. The Morgan fingerprint density at radius 3 is 2.45 bits per heavy atom. The number of hydrogen-bond acceptors (Lipinski definition) is 4. The SMILES string of the molecule is N#C/C(=C\c1ccc(Cc2ccccc2Br)c(Br)c1)C(=O)Nc1cccc([N+](=O)[O-])c1. The number of nitro groups is 1. The molecule has 1 amide bonds. The molecule has 0 saturated carbocycles. The second kappa shape index (κ2) is 10.2. The van der Waals surface area contributed by atoms with E-state index in [0.717, 1.165) is 20.1 Å². The fourth-order valence-corrected chi connectivity index (χ4v) is 3.82. The molecule has 3 aromatic carbocycles. The normalized spacial score (nSPS) is 10.9. The molecule has 0 aliphatic rings. The lowest BCUT2D eigenvalue weighted by Crippen LogP contribution is -2.13. The first-order valence-corrected chi connectivity index (χ1v) is 10.7. The van der Waals surface area contributed by atoms with Gasteiger partial charge < -0.3 is 5.32 Å². The van der Waals surface area contributed by atoms with Gasteiger partial charge in [-0.25, -0.2) is 0 Å². The number of rotatable bonds is 6. The second-order valence-electron chi connectivity index (χ2n) is 6.55. The molecule has 0 fully saturated rings. The molecule has 0 spiro atoms. The second-order valence-corrected chi connectivity index (χ2v) is 8.26. The summed E-state index contributed by atoms with van der Waals surface area (Å²) in [5, 5.41) is 22.8. The van der Waals surface area contributed by atoms with Crippen LogP contribution in [0.5, 0.6) is 0 Å². The first kappa shape index (κ1) is 22.4. The van der Waals surface area contributed by atoms with E-state index in [4.69, 9.17) is 0 Å². The van der Waals surface area contributed by atoms with Crippen LogP contribution in [0.2, 0.25) is 0 Å². The molecule has 8 heteroatoms. The highest BCUT2D eigenvalue weighted by molar-refractivity contribution is 9.10. The summed E-state index contributed by atoms with van der Waals surface area (Å²) in [4.78, 5) is 22.8. The van der Waals surface area contributed by atoms with Gasteiger partial charge in [0.05, 0.1) is 4.92 Å². The third-order valence-electron chi connectivity index (χ3n) is 4.41. The van der Waals surface area contributed by atoms with Crippen molar-refractivity contribution in [2.45, 2.75) is 6.42 Å². The molecule has 0 bridgehead atoms. The summed E-state index contributed by atoms with van der Waals surface area (Å²) >= 11 is 7.11. The zero-order chi connectivity index (χ0) is 22.4. The van der Waals surface area contributed by atoms with Crippen molar-refractivity contribution in [1.82, 2.24) is 0 Å². The van der Waals surface area contributed by atoms with Crippen LogP contribution in [0.15, 0.2) is 81.2 Å². The lowest BCUT2D eigenvalue weighted by atomic mass is 10.0. The van der Waals surface area contributed by atoms with Crippen LogP contribution in [0.25, 0.3) is 6.08 Å². The van der Waals surface area contributed by atoms with E-state index in [1.165, 1.54) is 30.3 Å². The van der Waals surface area contributed by atoms with Crippen LogP contribution in [-0.4, -0.2) is 10.8 Å². The van der Waals surface area contributed by atoms with E-state index in [-0.39, 0.29) is 16.9 Å². The number of carbonyl (C=O) groups is 1. The molecule has 0 heterocycles. The van der Waals surface area contributed by atoms with Crippen LogP contribution in [0, 0.1) is 21.4 Å². The minimum absolute atomic E-state index is 0.114. The van der Waals surface area contributed by atoms with Gasteiger partial charge in [0, 0.05) is 26.8 Å². The van der Waals surface area contributed by atoms with E-state index in [1.54, 1.807) is 0 Å². The standard InChI is InChI=1S/C23H15Br2N3O3/c24-21-7-2-1-4-16(21)12-17-9-8-15(11-22(17)25)10-18(14-26)23(29)27-19-5-3-6-20(13-19)28(30)31/h1-11,13H,12H2,(H,27,29)/b18-10+. The van der Waals surface area contributed by atoms with Crippen molar-refractivity contribution in [3.8, 4) is 6.07 Å². The van der Waals surface area contributed by atoms with E-state index in [2.05, 4.69) is 37.2 Å². The summed E-state index contributed by atoms with van der Waals surface area (Å²) < 4.78 is 1.88. The average Bonchev–Trinajstić information content (AvgIpc) is 2.75. The van der Waals surface area contributed by atoms with Crippen molar-refractivity contribution in [3.63, 3.8) is 0 Å². The summed E-state index contributed by atoms with van der Waals surface area (Å²) in [6.45, 7) is 0. The summed E-state index contributed by atoms with van der Waals surface area (Å²) in [6.07, 6.45) is 2.18. The van der Waals surface area contributed by atoms with Gasteiger partial charge in [0.1, 0.15) is 11.6 Å². The summed E-state index contributed by atoms with van der Waals surface area (Å²) in [6, 6.07) is 21.0. The number of non-ortho nitro benzene ring substituents is 1. The molecular formula is C23H15Br2N3O3. The first-order chi connectivity index (χ1) is 14.9. The van der Waals surface area contributed by atoms with Gasteiger partial charge in [0.2, 0.25) is 0 Å². The van der Waals surface area contributed by atoms with Gasteiger partial charge in [-0.1, -0.05) is 68.3 Å². The van der Waals surface area contributed by atoms with Gasteiger partial charge in [-0.3, -0.25) is 14.9 Å². The van der Waals surface area contributed by atoms with Crippen LogP contribution in [0.3, 0.4) is 0 Å². The molecule has 31 heavy (non-hydrogen) atoms. The molecule has 0 saturated heterocycles. The Hall–Kier alpha value is -3.28. The van der Waals surface area contributed by atoms with Crippen molar-refractivity contribution in [3.05, 3.63) is 108 Å². The molecular weight excluding hydrogens is 526 g/mol. The van der Waals surface area contributed by atoms with Crippen LogP contribution in [0.1, 0.15) is 16.7 Å². The van der Waals surface area contributed by atoms with Gasteiger partial charge >= 0.3 is 0 Å². The number of nitrogens with one attached hydrogen (secondary N) is 1. The zero-order valence-electron chi connectivity index (χ0n) is 16.0. The number of nitrogens with zero attached hydrogens (tertiary/aromatic N) is 2. The Bertz CT molecular complexity index is 1230. The topological polar surface area (TPSA) is 96.0 Å². The lowest BCUT2D eigenvalue weighted by molar-refractivity contribution is -0.384. The Morgan fingerprint density at radius 2 is 1.77 bits per heavy atom. The Labute approximate surface area is 195 Å². The van der Waals surface area contributed by atoms with Crippen LogP contribution < -0.4 is 5.32 Å². The molecule has 6 nitrogen and oxygen atoms in total. The minimum Gasteiger partial charge on any atom is -0.321 e. The number of nitro benzene ring substituents is 1. The Morgan fingerprint density at radius 1 is 1.03 bits per heavy atom. The number of hydrogen-bond donors (Lipinski definition) is 1. The van der Waals surface area contributed by atoms with Crippen molar-refractivity contribution in [2.75, 3.05) is 5.32 Å². The smallest absolute Gasteiger partial charge is 0.271 e. The monoisotopic (exact) mass is 539 g/mol. The van der Waals surface area contributed by atoms with Gasteiger partial charge in [-0.15, -0.1) is 0 Å². The molecule has 0 aliphatic carbocycles. The quantitative estimate of drug-likeness (QED) is 0.173. The van der Waals surface area contributed by atoms with Gasteiger partial charge in [0.15, 0.2) is 0 Å². The molecule has 0 aromatic heterocycles. The average molecular weight is 541 g/mol. The van der Waals surface area contributed by atoms with Crippen molar-refractivity contribution in [2.24, 2.45) is 0 Å². The predicted octanol–water partition coefficient (Wildman–Crippen LogP) is 6.26.